The number of aliphatic hydroxyl groups excluding tert-OH is 1. The molecule has 2 amide bonds. The van der Waals surface area contributed by atoms with Gasteiger partial charge in [0.25, 0.3) is 0 Å². The number of nitrogens with two attached hydrogens (primary N) is 1. The average Bonchev–Trinajstić information content (AvgIpc) is 2.52. The third-order valence-electron chi connectivity index (χ3n) is 3.43. The molecule has 24 heavy (non-hydrogen) atoms. The summed E-state index contributed by atoms with van der Waals surface area (Å²) in [6, 6.07) is 5.78. The van der Waals surface area contributed by atoms with Gasteiger partial charge in [-0.25, -0.2) is 0 Å². The Morgan fingerprint density at radius 1 is 1.08 bits per heavy atom. The molecule has 0 saturated heterocycles. The van der Waals surface area contributed by atoms with Gasteiger partial charge in [-0.15, -0.1) is 0 Å². The first-order chi connectivity index (χ1) is 11.2. The molecular formula is C16H23N3O5. The SMILES string of the molecule is CC(NC(=O)C(NC(=O)C(N)Cc1ccccc1)C(C)O)C(=O)O. The number of benzene rings is 1. The third-order valence-corrected chi connectivity index (χ3v) is 3.43. The van der Waals surface area contributed by atoms with E-state index < -0.39 is 42.0 Å². The van der Waals surface area contributed by atoms with E-state index in [4.69, 9.17) is 10.8 Å². The quantitative estimate of drug-likeness (QED) is 0.412. The molecule has 0 heterocycles. The van der Waals surface area contributed by atoms with Crippen LogP contribution in [-0.2, 0) is 20.8 Å². The Balaban J connectivity index is 2.68. The van der Waals surface area contributed by atoms with E-state index in [1.807, 2.05) is 30.3 Å². The highest BCUT2D eigenvalue weighted by molar-refractivity contribution is 5.92. The Hall–Kier alpha value is -2.45. The van der Waals surface area contributed by atoms with E-state index >= 15 is 0 Å². The van der Waals surface area contributed by atoms with E-state index in [0.29, 0.717) is 0 Å². The average molecular weight is 337 g/mol. The van der Waals surface area contributed by atoms with Crippen LogP contribution in [0.2, 0.25) is 0 Å². The molecule has 8 nitrogen and oxygen atoms in total. The lowest BCUT2D eigenvalue weighted by molar-refractivity contribution is -0.142. The largest absolute Gasteiger partial charge is 0.480 e. The molecule has 0 aromatic heterocycles. The molecule has 1 aromatic rings. The van der Waals surface area contributed by atoms with Gasteiger partial charge in [0.1, 0.15) is 12.1 Å². The van der Waals surface area contributed by atoms with E-state index in [1.165, 1.54) is 13.8 Å². The van der Waals surface area contributed by atoms with Gasteiger partial charge in [-0.05, 0) is 25.8 Å². The van der Waals surface area contributed by atoms with Crippen molar-refractivity contribution in [1.82, 2.24) is 10.6 Å². The zero-order valence-electron chi connectivity index (χ0n) is 13.6. The van der Waals surface area contributed by atoms with Gasteiger partial charge in [-0.3, -0.25) is 14.4 Å². The molecule has 4 unspecified atom stereocenters. The standard InChI is InChI=1S/C16H23N3O5/c1-9(16(23)24)18-15(22)13(10(2)20)19-14(21)12(17)8-11-6-4-3-5-7-11/h3-7,9-10,12-13,20H,8,17H2,1-2H3,(H,18,22)(H,19,21)(H,23,24). The second-order valence-electron chi connectivity index (χ2n) is 5.59. The van der Waals surface area contributed by atoms with Crippen LogP contribution < -0.4 is 16.4 Å². The summed E-state index contributed by atoms with van der Waals surface area (Å²) in [4.78, 5) is 34.9. The van der Waals surface area contributed by atoms with Crippen molar-refractivity contribution >= 4 is 17.8 Å². The zero-order chi connectivity index (χ0) is 18.3. The maximum absolute atomic E-state index is 12.1. The van der Waals surface area contributed by atoms with Gasteiger partial charge in [0.05, 0.1) is 12.1 Å². The van der Waals surface area contributed by atoms with Crippen molar-refractivity contribution in [2.24, 2.45) is 5.73 Å². The molecule has 0 spiro atoms. The lowest BCUT2D eigenvalue weighted by atomic mass is 10.0. The summed E-state index contributed by atoms with van der Waals surface area (Å²) in [6.07, 6.45) is -0.939. The molecule has 0 aliphatic rings. The topological polar surface area (TPSA) is 142 Å². The van der Waals surface area contributed by atoms with Gasteiger partial charge in [0.15, 0.2) is 0 Å². The number of hydrogen-bond donors (Lipinski definition) is 5. The molecule has 0 radical (unpaired) electrons. The monoisotopic (exact) mass is 337 g/mol. The number of carbonyl (C=O) groups excluding carboxylic acids is 2. The first-order valence-electron chi connectivity index (χ1n) is 7.53. The minimum atomic E-state index is -1.29. The first kappa shape index (κ1) is 19.6. The highest BCUT2D eigenvalue weighted by Gasteiger charge is 2.29. The fourth-order valence-electron chi connectivity index (χ4n) is 1.99. The normalized spacial score (nSPS) is 15.7. The molecule has 0 aliphatic carbocycles. The van der Waals surface area contributed by atoms with Crippen LogP contribution in [0.4, 0.5) is 0 Å². The van der Waals surface area contributed by atoms with Crippen LogP contribution in [0.3, 0.4) is 0 Å². The Kier molecular flexibility index (Phi) is 7.34. The molecule has 132 valence electrons. The molecular weight excluding hydrogens is 314 g/mol. The number of carboxylic acid groups (broad SMARTS) is 1. The third kappa shape index (κ3) is 5.98. The number of amides is 2. The van der Waals surface area contributed by atoms with Crippen molar-refractivity contribution in [3.63, 3.8) is 0 Å². The van der Waals surface area contributed by atoms with Crippen molar-refractivity contribution in [3.05, 3.63) is 35.9 Å². The van der Waals surface area contributed by atoms with Crippen molar-refractivity contribution in [2.45, 2.75) is 44.5 Å². The van der Waals surface area contributed by atoms with Crippen LogP contribution in [0.25, 0.3) is 0 Å². The second kappa shape index (κ2) is 8.99. The summed E-state index contributed by atoms with van der Waals surface area (Å²) in [6.45, 7) is 2.60. The number of nitrogens with one attached hydrogen (secondary N) is 2. The molecule has 1 rings (SSSR count). The molecule has 4 atom stereocenters. The predicted molar refractivity (Wildman–Crippen MR) is 87.0 cm³/mol. The lowest BCUT2D eigenvalue weighted by Gasteiger charge is -2.23. The van der Waals surface area contributed by atoms with Gasteiger partial charge in [0, 0.05) is 0 Å². The van der Waals surface area contributed by atoms with Crippen molar-refractivity contribution in [2.75, 3.05) is 0 Å². The number of carboxylic acids is 1. The molecule has 0 aliphatic heterocycles. The van der Waals surface area contributed by atoms with Gasteiger partial charge < -0.3 is 26.6 Å². The molecule has 0 fully saturated rings. The summed E-state index contributed by atoms with van der Waals surface area (Å²) < 4.78 is 0. The molecule has 8 heteroatoms. The van der Waals surface area contributed by atoms with Crippen molar-refractivity contribution in [1.29, 1.82) is 0 Å². The minimum absolute atomic E-state index is 0.270. The van der Waals surface area contributed by atoms with Crippen LogP contribution in [0.5, 0.6) is 0 Å². The summed E-state index contributed by atoms with van der Waals surface area (Å²) in [5, 5.41) is 23.1. The summed E-state index contributed by atoms with van der Waals surface area (Å²) in [7, 11) is 0. The van der Waals surface area contributed by atoms with Crippen LogP contribution in [-0.4, -0.2) is 52.2 Å². The number of aliphatic hydroxyl groups is 1. The van der Waals surface area contributed by atoms with E-state index in [0.717, 1.165) is 5.56 Å². The van der Waals surface area contributed by atoms with Crippen LogP contribution in [0.1, 0.15) is 19.4 Å². The maximum Gasteiger partial charge on any atom is 0.325 e. The van der Waals surface area contributed by atoms with Crippen LogP contribution in [0, 0.1) is 0 Å². The lowest BCUT2D eigenvalue weighted by Crippen LogP contribution is -2.58. The number of aliphatic carboxylic acids is 1. The molecule has 0 saturated carbocycles. The Bertz CT molecular complexity index is 576. The summed E-state index contributed by atoms with van der Waals surface area (Å²) in [5.41, 5.74) is 6.69. The fourth-order valence-corrected chi connectivity index (χ4v) is 1.99. The number of carbonyl (C=O) groups is 3. The van der Waals surface area contributed by atoms with E-state index in [-0.39, 0.29) is 6.42 Å². The van der Waals surface area contributed by atoms with Crippen LogP contribution in [0.15, 0.2) is 30.3 Å². The molecule has 6 N–H and O–H groups in total. The molecule has 0 bridgehead atoms. The summed E-state index contributed by atoms with van der Waals surface area (Å²) in [5.74, 6) is -2.62. The Labute approximate surface area is 140 Å². The van der Waals surface area contributed by atoms with E-state index in [9.17, 15) is 19.5 Å². The van der Waals surface area contributed by atoms with Crippen LogP contribution >= 0.6 is 0 Å². The zero-order valence-corrected chi connectivity index (χ0v) is 13.6. The van der Waals surface area contributed by atoms with E-state index in [1.54, 1.807) is 0 Å². The Morgan fingerprint density at radius 3 is 2.17 bits per heavy atom. The van der Waals surface area contributed by atoms with Gasteiger partial charge >= 0.3 is 5.97 Å². The highest BCUT2D eigenvalue weighted by atomic mass is 16.4. The molecule has 1 aromatic carbocycles. The number of hydrogen-bond acceptors (Lipinski definition) is 5. The van der Waals surface area contributed by atoms with Crippen molar-refractivity contribution < 1.29 is 24.6 Å². The van der Waals surface area contributed by atoms with Gasteiger partial charge in [-0.1, -0.05) is 30.3 Å². The minimum Gasteiger partial charge on any atom is -0.480 e. The Morgan fingerprint density at radius 2 is 1.67 bits per heavy atom. The van der Waals surface area contributed by atoms with Gasteiger partial charge in [-0.2, -0.15) is 0 Å². The highest BCUT2D eigenvalue weighted by Crippen LogP contribution is 2.03. The smallest absolute Gasteiger partial charge is 0.325 e. The second-order valence-corrected chi connectivity index (χ2v) is 5.59. The fraction of sp³-hybridized carbons (Fsp3) is 0.438. The first-order valence-corrected chi connectivity index (χ1v) is 7.53. The maximum atomic E-state index is 12.1. The predicted octanol–water partition coefficient (Wildman–Crippen LogP) is -0.989. The van der Waals surface area contributed by atoms with Gasteiger partial charge in [0.2, 0.25) is 11.8 Å². The summed E-state index contributed by atoms with van der Waals surface area (Å²) >= 11 is 0. The number of rotatable bonds is 8. The van der Waals surface area contributed by atoms with E-state index in [2.05, 4.69) is 10.6 Å². The van der Waals surface area contributed by atoms with Crippen molar-refractivity contribution in [3.8, 4) is 0 Å².